The predicted octanol–water partition coefficient (Wildman–Crippen LogP) is 3.62. The fourth-order valence-corrected chi connectivity index (χ4v) is 2.52. The number of rotatable bonds is 7. The number of halogens is 1. The fraction of sp³-hybridized carbons (Fsp3) is 0.300. The van der Waals surface area contributed by atoms with E-state index in [2.05, 4.69) is 24.7 Å². The summed E-state index contributed by atoms with van der Waals surface area (Å²) >= 11 is 6.04. The lowest BCUT2D eigenvalue weighted by molar-refractivity contribution is -0.130. The first-order valence-electron chi connectivity index (χ1n) is 8.49. The van der Waals surface area contributed by atoms with Crippen LogP contribution < -0.4 is 15.6 Å². The molecule has 0 aliphatic rings. The number of benzene rings is 2. The normalized spacial score (nSPS) is 10.5. The lowest BCUT2D eigenvalue weighted by Crippen LogP contribution is -2.43. The molecule has 138 valence electrons. The Balaban J connectivity index is 1.68. The van der Waals surface area contributed by atoms with E-state index in [1.807, 2.05) is 42.5 Å². The van der Waals surface area contributed by atoms with Crippen molar-refractivity contribution in [2.24, 2.45) is 0 Å². The van der Waals surface area contributed by atoms with Crippen LogP contribution in [0.4, 0.5) is 0 Å². The van der Waals surface area contributed by atoms with Crippen molar-refractivity contribution in [3.05, 3.63) is 64.7 Å². The van der Waals surface area contributed by atoms with E-state index in [0.29, 0.717) is 23.1 Å². The third-order valence-electron chi connectivity index (χ3n) is 3.84. The molecule has 0 aliphatic heterocycles. The molecule has 26 heavy (non-hydrogen) atoms. The highest BCUT2D eigenvalue weighted by atomic mass is 35.5. The minimum atomic E-state index is -0.427. The van der Waals surface area contributed by atoms with E-state index >= 15 is 0 Å². The van der Waals surface area contributed by atoms with Gasteiger partial charge >= 0.3 is 0 Å². The number of nitrogens with one attached hydrogen (secondary N) is 2. The monoisotopic (exact) mass is 374 g/mol. The smallest absolute Gasteiger partial charge is 0.276 e. The van der Waals surface area contributed by atoms with Gasteiger partial charge in [0.05, 0.1) is 0 Å². The minimum Gasteiger partial charge on any atom is -0.484 e. The average molecular weight is 375 g/mol. The van der Waals surface area contributed by atoms with Gasteiger partial charge in [-0.15, -0.1) is 0 Å². The summed E-state index contributed by atoms with van der Waals surface area (Å²) in [5, 5.41) is 0.626. The van der Waals surface area contributed by atoms with Crippen LogP contribution in [0.5, 0.6) is 5.75 Å². The van der Waals surface area contributed by atoms with Crippen molar-refractivity contribution in [1.29, 1.82) is 0 Å². The number of hydrogen-bond donors (Lipinski definition) is 2. The molecule has 5 nitrogen and oxygen atoms in total. The molecule has 0 fully saturated rings. The van der Waals surface area contributed by atoms with Crippen LogP contribution in [-0.4, -0.2) is 18.4 Å². The van der Waals surface area contributed by atoms with Gasteiger partial charge in [-0.3, -0.25) is 20.4 Å². The van der Waals surface area contributed by atoms with E-state index in [-0.39, 0.29) is 18.9 Å². The van der Waals surface area contributed by atoms with Crippen LogP contribution in [0.3, 0.4) is 0 Å². The zero-order valence-corrected chi connectivity index (χ0v) is 15.7. The molecule has 2 N–H and O–H groups in total. The van der Waals surface area contributed by atoms with Gasteiger partial charge in [-0.25, -0.2) is 0 Å². The minimum absolute atomic E-state index is 0.175. The Morgan fingerprint density at radius 2 is 1.65 bits per heavy atom. The quantitative estimate of drug-likeness (QED) is 0.727. The number of hydrazine groups is 1. The van der Waals surface area contributed by atoms with E-state index in [4.69, 9.17) is 16.3 Å². The maximum absolute atomic E-state index is 11.8. The van der Waals surface area contributed by atoms with Gasteiger partial charge in [-0.05, 0) is 41.7 Å². The highest BCUT2D eigenvalue weighted by Crippen LogP contribution is 2.18. The van der Waals surface area contributed by atoms with Crippen molar-refractivity contribution in [2.75, 3.05) is 6.61 Å². The van der Waals surface area contributed by atoms with Crippen LogP contribution in [-0.2, 0) is 16.0 Å². The van der Waals surface area contributed by atoms with Gasteiger partial charge in [0.15, 0.2) is 6.61 Å². The number of hydrogen-bond acceptors (Lipinski definition) is 3. The summed E-state index contributed by atoms with van der Waals surface area (Å²) in [4.78, 5) is 23.6. The molecule has 2 aromatic rings. The van der Waals surface area contributed by atoms with Crippen LogP contribution >= 0.6 is 11.6 Å². The third-order valence-corrected chi connectivity index (χ3v) is 4.21. The molecule has 0 aliphatic carbocycles. The molecule has 2 aromatic carbocycles. The number of aryl methyl sites for hydroxylation is 1. The van der Waals surface area contributed by atoms with Gasteiger partial charge in [0.25, 0.3) is 5.91 Å². The van der Waals surface area contributed by atoms with Crippen molar-refractivity contribution >= 4 is 23.4 Å². The summed E-state index contributed by atoms with van der Waals surface area (Å²) in [6.45, 7) is 4.04. The van der Waals surface area contributed by atoms with Crippen LogP contribution in [0, 0.1) is 0 Å². The molecule has 2 amide bonds. The Morgan fingerprint density at radius 1 is 1.00 bits per heavy atom. The summed E-state index contributed by atoms with van der Waals surface area (Å²) in [5.74, 6) is 0.325. The summed E-state index contributed by atoms with van der Waals surface area (Å²) in [6, 6.07) is 14.9. The molecule has 0 saturated carbocycles. The topological polar surface area (TPSA) is 67.4 Å². The standard InChI is InChI=1S/C20H23ClN2O3/c1-14(2)15-7-10-17(11-8-15)26-13-20(25)23-22-19(24)12-9-16-5-3-4-6-18(16)21/h3-8,10-11,14H,9,12-13H2,1-2H3,(H,22,24)(H,23,25). The number of carbonyl (C=O) groups is 2. The summed E-state index contributed by atoms with van der Waals surface area (Å²) in [6.07, 6.45) is 0.724. The van der Waals surface area contributed by atoms with Gasteiger partial charge in [0.1, 0.15) is 5.75 Å². The molecular weight excluding hydrogens is 352 g/mol. The van der Waals surface area contributed by atoms with E-state index in [1.165, 1.54) is 5.56 Å². The van der Waals surface area contributed by atoms with E-state index in [9.17, 15) is 9.59 Å². The molecule has 6 heteroatoms. The van der Waals surface area contributed by atoms with Crippen LogP contribution in [0.25, 0.3) is 0 Å². The van der Waals surface area contributed by atoms with Gasteiger partial charge in [0.2, 0.25) is 5.91 Å². The Labute approximate surface area is 158 Å². The zero-order chi connectivity index (χ0) is 18.9. The first-order valence-corrected chi connectivity index (χ1v) is 8.87. The zero-order valence-electron chi connectivity index (χ0n) is 14.9. The molecule has 0 unspecified atom stereocenters. The maximum atomic E-state index is 11.8. The number of ether oxygens (including phenoxy) is 1. The first kappa shape index (κ1) is 19.8. The number of carbonyl (C=O) groups excluding carboxylic acids is 2. The molecule has 0 radical (unpaired) electrons. The Kier molecular flexibility index (Phi) is 7.48. The molecule has 0 saturated heterocycles. The van der Waals surface area contributed by atoms with Gasteiger partial charge < -0.3 is 4.74 Å². The van der Waals surface area contributed by atoms with Crippen molar-refractivity contribution < 1.29 is 14.3 Å². The first-order chi connectivity index (χ1) is 12.5. The molecule has 0 atom stereocenters. The van der Waals surface area contributed by atoms with Gasteiger partial charge in [-0.2, -0.15) is 0 Å². The average Bonchev–Trinajstić information content (AvgIpc) is 2.64. The fourth-order valence-electron chi connectivity index (χ4n) is 2.29. The lowest BCUT2D eigenvalue weighted by Gasteiger charge is -2.10. The molecule has 0 spiro atoms. The largest absolute Gasteiger partial charge is 0.484 e. The summed E-state index contributed by atoms with van der Waals surface area (Å²) in [7, 11) is 0. The van der Waals surface area contributed by atoms with E-state index in [0.717, 1.165) is 5.56 Å². The molecule has 0 aromatic heterocycles. The SMILES string of the molecule is CC(C)c1ccc(OCC(=O)NNC(=O)CCc2ccccc2Cl)cc1. The Morgan fingerprint density at radius 3 is 2.31 bits per heavy atom. The molecule has 0 bridgehead atoms. The maximum Gasteiger partial charge on any atom is 0.276 e. The molecule has 2 rings (SSSR count). The second-order valence-electron chi connectivity index (χ2n) is 6.20. The molecular formula is C20H23ClN2O3. The van der Waals surface area contributed by atoms with Gasteiger partial charge in [-0.1, -0.05) is 55.8 Å². The predicted molar refractivity (Wildman–Crippen MR) is 102 cm³/mol. The summed E-state index contributed by atoms with van der Waals surface area (Å²) in [5.41, 5.74) is 6.80. The highest BCUT2D eigenvalue weighted by molar-refractivity contribution is 6.31. The second kappa shape index (κ2) is 9.82. The number of amides is 2. The second-order valence-corrected chi connectivity index (χ2v) is 6.61. The van der Waals surface area contributed by atoms with E-state index in [1.54, 1.807) is 6.07 Å². The summed E-state index contributed by atoms with van der Waals surface area (Å²) < 4.78 is 5.40. The van der Waals surface area contributed by atoms with Gasteiger partial charge in [0, 0.05) is 11.4 Å². The highest BCUT2D eigenvalue weighted by Gasteiger charge is 2.08. The van der Waals surface area contributed by atoms with E-state index < -0.39 is 5.91 Å². The Bertz CT molecular complexity index is 745. The third kappa shape index (κ3) is 6.41. The van der Waals surface area contributed by atoms with Crippen LogP contribution in [0.1, 0.15) is 37.3 Å². The molecule has 0 heterocycles. The van der Waals surface area contributed by atoms with Crippen molar-refractivity contribution in [2.45, 2.75) is 32.6 Å². The lowest BCUT2D eigenvalue weighted by atomic mass is 10.0. The van der Waals surface area contributed by atoms with Crippen molar-refractivity contribution in [3.63, 3.8) is 0 Å². The van der Waals surface area contributed by atoms with Crippen LogP contribution in [0.2, 0.25) is 5.02 Å². The van der Waals surface area contributed by atoms with Crippen LogP contribution in [0.15, 0.2) is 48.5 Å². The van der Waals surface area contributed by atoms with Crippen molar-refractivity contribution in [3.8, 4) is 5.75 Å². The van der Waals surface area contributed by atoms with Crippen molar-refractivity contribution in [1.82, 2.24) is 10.9 Å². The Hall–Kier alpha value is -2.53.